The van der Waals surface area contributed by atoms with Crippen LogP contribution in [0.2, 0.25) is 0 Å². The molecule has 82 valence electrons. The van der Waals surface area contributed by atoms with E-state index in [0.29, 0.717) is 5.56 Å². The van der Waals surface area contributed by atoms with Crippen molar-refractivity contribution in [2.24, 2.45) is 0 Å². The molecule has 0 bridgehead atoms. The average molecular weight is 212 g/mol. The third kappa shape index (κ3) is 3.32. The zero-order chi connectivity index (χ0) is 11.4. The summed E-state index contributed by atoms with van der Waals surface area (Å²) in [5, 5.41) is 35.2. The zero-order valence-electron chi connectivity index (χ0n) is 7.87. The normalized spacial score (nSPS) is 12.8. The van der Waals surface area contributed by atoms with Crippen molar-refractivity contribution < 1.29 is 25.2 Å². The van der Waals surface area contributed by atoms with Crippen molar-refractivity contribution in [2.45, 2.75) is 18.8 Å². The molecule has 1 rings (SSSR count). The first-order valence-corrected chi connectivity index (χ1v) is 4.37. The molecule has 1 aromatic carbocycles. The van der Waals surface area contributed by atoms with E-state index < -0.39 is 18.4 Å². The van der Waals surface area contributed by atoms with Crippen molar-refractivity contribution in [3.63, 3.8) is 0 Å². The number of carboxylic acid groups (broad SMARTS) is 1. The van der Waals surface area contributed by atoms with Gasteiger partial charge >= 0.3 is 5.97 Å². The van der Waals surface area contributed by atoms with Crippen molar-refractivity contribution in [3.8, 4) is 0 Å². The van der Waals surface area contributed by atoms with Gasteiger partial charge in [0.25, 0.3) is 0 Å². The molecule has 5 heteroatoms. The van der Waals surface area contributed by atoms with Crippen LogP contribution in [0, 0.1) is 0 Å². The fourth-order valence-electron chi connectivity index (χ4n) is 1.18. The van der Waals surface area contributed by atoms with Crippen LogP contribution in [-0.2, 0) is 6.42 Å². The second kappa shape index (κ2) is 4.88. The van der Waals surface area contributed by atoms with Crippen LogP contribution in [0.4, 0.5) is 0 Å². The first-order chi connectivity index (χ1) is 7.00. The van der Waals surface area contributed by atoms with Gasteiger partial charge in [0.05, 0.1) is 5.56 Å². The zero-order valence-corrected chi connectivity index (χ0v) is 7.87. The lowest BCUT2D eigenvalue weighted by Crippen LogP contribution is -2.27. The molecule has 1 aromatic rings. The fourth-order valence-corrected chi connectivity index (χ4v) is 1.18. The van der Waals surface area contributed by atoms with E-state index in [9.17, 15) is 4.79 Å². The number of aromatic carboxylic acids is 1. The van der Waals surface area contributed by atoms with E-state index in [1.807, 2.05) is 0 Å². The molecular weight excluding hydrogens is 200 g/mol. The Labute approximate surface area is 86.2 Å². The fraction of sp³-hybridized carbons (Fsp3) is 0.300. The minimum atomic E-state index is -1.82. The molecule has 4 N–H and O–H groups in total. The topological polar surface area (TPSA) is 98.0 Å². The molecule has 0 spiro atoms. The van der Waals surface area contributed by atoms with Gasteiger partial charge in [-0.25, -0.2) is 4.79 Å². The van der Waals surface area contributed by atoms with Crippen LogP contribution < -0.4 is 0 Å². The second-order valence-corrected chi connectivity index (χ2v) is 3.19. The summed E-state index contributed by atoms with van der Waals surface area (Å²) in [5.74, 6) is -1.06. The largest absolute Gasteiger partial charge is 0.478 e. The van der Waals surface area contributed by atoms with E-state index in [1.165, 1.54) is 18.2 Å². The van der Waals surface area contributed by atoms with Crippen LogP contribution in [0.3, 0.4) is 0 Å². The summed E-state index contributed by atoms with van der Waals surface area (Å²) in [4.78, 5) is 10.6. The van der Waals surface area contributed by atoms with Crippen LogP contribution in [0.25, 0.3) is 0 Å². The lowest BCUT2D eigenvalue weighted by atomic mass is 10.0. The number of hydrogen-bond acceptors (Lipinski definition) is 4. The Kier molecular flexibility index (Phi) is 3.79. The van der Waals surface area contributed by atoms with Crippen LogP contribution in [-0.4, -0.2) is 38.8 Å². The van der Waals surface area contributed by atoms with Gasteiger partial charge in [-0.3, -0.25) is 0 Å². The van der Waals surface area contributed by atoms with Crippen LogP contribution in [0.1, 0.15) is 15.9 Å². The van der Waals surface area contributed by atoms with Crippen molar-refractivity contribution in [1.82, 2.24) is 0 Å². The van der Waals surface area contributed by atoms with Gasteiger partial charge in [0.15, 0.2) is 6.29 Å². The first kappa shape index (κ1) is 11.6. The van der Waals surface area contributed by atoms with Crippen molar-refractivity contribution in [2.75, 3.05) is 0 Å². The van der Waals surface area contributed by atoms with Crippen LogP contribution in [0.5, 0.6) is 0 Å². The highest BCUT2D eigenvalue weighted by molar-refractivity contribution is 5.87. The number of hydrogen-bond donors (Lipinski definition) is 4. The Morgan fingerprint density at radius 3 is 2.47 bits per heavy atom. The highest BCUT2D eigenvalue weighted by atomic mass is 16.5. The second-order valence-electron chi connectivity index (χ2n) is 3.19. The van der Waals surface area contributed by atoms with Gasteiger partial charge in [-0.15, -0.1) is 0 Å². The summed E-state index contributed by atoms with van der Waals surface area (Å²) >= 11 is 0. The lowest BCUT2D eigenvalue weighted by molar-refractivity contribution is -0.120. The number of rotatable bonds is 4. The number of carboxylic acids is 1. The van der Waals surface area contributed by atoms with E-state index in [2.05, 4.69) is 0 Å². The summed E-state index contributed by atoms with van der Waals surface area (Å²) < 4.78 is 0. The van der Waals surface area contributed by atoms with Crippen LogP contribution >= 0.6 is 0 Å². The van der Waals surface area contributed by atoms with E-state index in [4.69, 9.17) is 20.4 Å². The third-order valence-electron chi connectivity index (χ3n) is 1.96. The molecule has 1 unspecified atom stereocenters. The van der Waals surface area contributed by atoms with Crippen molar-refractivity contribution in [1.29, 1.82) is 0 Å². The minimum absolute atomic E-state index is 0.00120. The highest BCUT2D eigenvalue weighted by Gasteiger charge is 2.14. The average Bonchev–Trinajstić information content (AvgIpc) is 2.18. The Hall–Kier alpha value is -1.43. The predicted molar refractivity (Wildman–Crippen MR) is 51.3 cm³/mol. The van der Waals surface area contributed by atoms with Gasteiger partial charge in [0.2, 0.25) is 0 Å². The monoisotopic (exact) mass is 212 g/mol. The SMILES string of the molecule is O=C(O)c1cccc(CC(O)C(O)O)c1. The number of benzene rings is 1. The summed E-state index contributed by atoms with van der Waals surface area (Å²) in [6.45, 7) is 0. The summed E-state index contributed by atoms with van der Waals surface area (Å²) in [6.07, 6.45) is -3.13. The molecule has 0 radical (unpaired) electrons. The van der Waals surface area contributed by atoms with Gasteiger partial charge in [-0.1, -0.05) is 12.1 Å². The Morgan fingerprint density at radius 1 is 1.27 bits per heavy atom. The standard InChI is InChI=1S/C10H12O5/c11-8(10(14)15)5-6-2-1-3-7(4-6)9(12)13/h1-4,8,10-11,14-15H,5H2,(H,12,13). The van der Waals surface area contributed by atoms with Crippen LogP contribution in [0.15, 0.2) is 24.3 Å². The number of aliphatic hydroxyl groups is 3. The molecule has 1 atom stereocenters. The lowest BCUT2D eigenvalue weighted by Gasteiger charge is -2.12. The van der Waals surface area contributed by atoms with Gasteiger partial charge < -0.3 is 20.4 Å². The quantitative estimate of drug-likeness (QED) is 0.509. The van der Waals surface area contributed by atoms with E-state index >= 15 is 0 Å². The Bertz CT molecular complexity index is 347. The minimum Gasteiger partial charge on any atom is -0.478 e. The van der Waals surface area contributed by atoms with Gasteiger partial charge in [0.1, 0.15) is 6.10 Å². The van der Waals surface area contributed by atoms with Gasteiger partial charge in [-0.2, -0.15) is 0 Å². The highest BCUT2D eigenvalue weighted by Crippen LogP contribution is 2.09. The number of carbonyl (C=O) groups is 1. The molecule has 0 aliphatic heterocycles. The molecule has 0 fully saturated rings. The summed E-state index contributed by atoms with van der Waals surface area (Å²) in [7, 11) is 0. The predicted octanol–water partition coefficient (Wildman–Crippen LogP) is -0.401. The third-order valence-corrected chi connectivity index (χ3v) is 1.96. The van der Waals surface area contributed by atoms with Gasteiger partial charge in [0, 0.05) is 6.42 Å². The first-order valence-electron chi connectivity index (χ1n) is 4.37. The molecule has 0 aliphatic rings. The molecule has 0 saturated heterocycles. The molecule has 5 nitrogen and oxygen atoms in total. The summed E-state index contributed by atoms with van der Waals surface area (Å²) in [5.41, 5.74) is 0.641. The van der Waals surface area contributed by atoms with Crippen molar-refractivity contribution >= 4 is 5.97 Å². The molecule has 0 amide bonds. The molecule has 0 saturated carbocycles. The molecule has 0 heterocycles. The molecule has 15 heavy (non-hydrogen) atoms. The maximum atomic E-state index is 10.6. The maximum Gasteiger partial charge on any atom is 0.335 e. The van der Waals surface area contributed by atoms with Crippen molar-refractivity contribution in [3.05, 3.63) is 35.4 Å². The van der Waals surface area contributed by atoms with Gasteiger partial charge in [-0.05, 0) is 17.7 Å². The Morgan fingerprint density at radius 2 is 1.93 bits per heavy atom. The number of aliphatic hydroxyl groups excluding tert-OH is 2. The van der Waals surface area contributed by atoms with E-state index in [-0.39, 0.29) is 12.0 Å². The molecule has 0 aromatic heterocycles. The maximum absolute atomic E-state index is 10.6. The van der Waals surface area contributed by atoms with E-state index in [0.717, 1.165) is 0 Å². The smallest absolute Gasteiger partial charge is 0.335 e. The molecular formula is C10H12O5. The Balaban J connectivity index is 2.78. The van der Waals surface area contributed by atoms with E-state index in [1.54, 1.807) is 6.07 Å². The molecule has 0 aliphatic carbocycles. The summed E-state index contributed by atoms with van der Waals surface area (Å²) in [6, 6.07) is 5.95.